The predicted molar refractivity (Wildman–Crippen MR) is 85.5 cm³/mol. The lowest BCUT2D eigenvalue weighted by Crippen LogP contribution is -2.21. The maximum Gasteiger partial charge on any atom is 0.265 e. The molecule has 2 aromatic rings. The van der Waals surface area contributed by atoms with E-state index in [1.807, 2.05) is 13.8 Å². The minimum Gasteiger partial charge on any atom is -0.496 e. The van der Waals surface area contributed by atoms with Crippen LogP contribution in [0, 0.1) is 13.8 Å². The Morgan fingerprint density at radius 1 is 1.35 bits per heavy atom. The van der Waals surface area contributed by atoms with Crippen LogP contribution in [0.2, 0.25) is 0 Å². The van der Waals surface area contributed by atoms with Crippen molar-refractivity contribution in [2.75, 3.05) is 7.11 Å². The van der Waals surface area contributed by atoms with Gasteiger partial charge in [-0.1, -0.05) is 0 Å². The van der Waals surface area contributed by atoms with Crippen LogP contribution in [0.1, 0.15) is 16.8 Å². The number of hydrogen-bond acceptors (Lipinski definition) is 3. The van der Waals surface area contributed by atoms with E-state index >= 15 is 0 Å². The van der Waals surface area contributed by atoms with Crippen LogP contribution in [-0.4, -0.2) is 16.7 Å². The van der Waals surface area contributed by atoms with Crippen LogP contribution in [-0.2, 0) is 6.54 Å². The summed E-state index contributed by atoms with van der Waals surface area (Å²) in [5, 5.41) is 0. The molecular formula is C14H14Br2N2O2. The lowest BCUT2D eigenvalue weighted by molar-refractivity contribution is 0.406. The number of nitrogens with zero attached hydrogens (tertiary/aromatic N) is 2. The van der Waals surface area contributed by atoms with Gasteiger partial charge in [0.2, 0.25) is 0 Å². The number of ether oxygens (including phenoxy) is 1. The van der Waals surface area contributed by atoms with Crippen molar-refractivity contribution in [3.05, 3.63) is 54.6 Å². The molecule has 0 atom stereocenters. The van der Waals surface area contributed by atoms with Gasteiger partial charge in [-0.2, -0.15) is 0 Å². The van der Waals surface area contributed by atoms with Crippen molar-refractivity contribution < 1.29 is 4.74 Å². The van der Waals surface area contributed by atoms with E-state index in [4.69, 9.17) is 4.74 Å². The van der Waals surface area contributed by atoms with Crippen molar-refractivity contribution >= 4 is 31.9 Å². The quantitative estimate of drug-likeness (QED) is 0.791. The lowest BCUT2D eigenvalue weighted by atomic mass is 10.1. The molecule has 0 unspecified atom stereocenters. The number of methoxy groups -OCH3 is 1. The first-order valence-corrected chi connectivity index (χ1v) is 7.57. The Morgan fingerprint density at radius 2 is 2.05 bits per heavy atom. The molecule has 106 valence electrons. The van der Waals surface area contributed by atoms with Crippen molar-refractivity contribution in [2.45, 2.75) is 20.4 Å². The van der Waals surface area contributed by atoms with E-state index in [1.165, 1.54) is 0 Å². The highest BCUT2D eigenvalue weighted by Gasteiger charge is 2.11. The van der Waals surface area contributed by atoms with Gasteiger partial charge < -0.3 is 9.30 Å². The smallest absolute Gasteiger partial charge is 0.265 e. The van der Waals surface area contributed by atoms with Gasteiger partial charge in [0, 0.05) is 28.0 Å². The molecule has 0 saturated heterocycles. The van der Waals surface area contributed by atoms with Gasteiger partial charge in [0.05, 0.1) is 23.8 Å². The molecule has 0 aromatic carbocycles. The summed E-state index contributed by atoms with van der Waals surface area (Å²) < 4.78 is 8.35. The molecule has 0 bridgehead atoms. The van der Waals surface area contributed by atoms with E-state index < -0.39 is 0 Å². The monoisotopic (exact) mass is 400 g/mol. The maximum absolute atomic E-state index is 12.1. The predicted octanol–water partition coefficient (Wildman–Crippen LogP) is 3.44. The van der Waals surface area contributed by atoms with Gasteiger partial charge in [-0.3, -0.25) is 9.78 Å². The third kappa shape index (κ3) is 2.96. The Morgan fingerprint density at radius 3 is 2.70 bits per heavy atom. The first-order valence-electron chi connectivity index (χ1n) is 5.98. The molecule has 6 heteroatoms. The standard InChI is InChI=1S/C14H14Br2N2O2/c1-8-5-17-12(9(2)13(8)20-3)7-18-6-10(15)4-11(16)14(18)19/h4-6H,7H2,1-3H3. The number of aryl methyl sites for hydroxylation is 1. The highest BCUT2D eigenvalue weighted by atomic mass is 79.9. The van der Waals surface area contributed by atoms with Crippen molar-refractivity contribution in [2.24, 2.45) is 0 Å². The fourth-order valence-corrected chi connectivity index (χ4v) is 3.33. The Hall–Kier alpha value is -1.14. The average Bonchev–Trinajstić information content (AvgIpc) is 2.39. The van der Waals surface area contributed by atoms with Crippen molar-refractivity contribution in [1.29, 1.82) is 0 Å². The van der Waals surface area contributed by atoms with E-state index in [-0.39, 0.29) is 5.56 Å². The minimum absolute atomic E-state index is 0.0889. The molecule has 0 spiro atoms. The Kier molecular flexibility index (Phi) is 4.65. The Bertz CT molecular complexity index is 711. The Balaban J connectivity index is 2.48. The van der Waals surface area contributed by atoms with Crippen LogP contribution in [0.25, 0.3) is 0 Å². The number of pyridine rings is 2. The van der Waals surface area contributed by atoms with Gasteiger partial charge in [-0.05, 0) is 51.8 Å². The SMILES string of the molecule is COc1c(C)cnc(Cn2cc(Br)cc(Br)c2=O)c1C. The summed E-state index contributed by atoms with van der Waals surface area (Å²) in [5.74, 6) is 0.817. The molecular weight excluding hydrogens is 388 g/mol. The Labute approximate surface area is 134 Å². The number of halogens is 2. The summed E-state index contributed by atoms with van der Waals surface area (Å²) in [7, 11) is 1.64. The van der Waals surface area contributed by atoms with Crippen LogP contribution in [0.3, 0.4) is 0 Å². The third-order valence-corrected chi connectivity index (χ3v) is 4.08. The summed E-state index contributed by atoms with van der Waals surface area (Å²) in [6.45, 7) is 4.30. The van der Waals surface area contributed by atoms with E-state index in [9.17, 15) is 4.79 Å². The molecule has 2 aromatic heterocycles. The van der Waals surface area contributed by atoms with Gasteiger partial charge in [0.15, 0.2) is 0 Å². The van der Waals surface area contributed by atoms with Gasteiger partial charge in [-0.25, -0.2) is 0 Å². The largest absolute Gasteiger partial charge is 0.496 e. The molecule has 20 heavy (non-hydrogen) atoms. The van der Waals surface area contributed by atoms with Gasteiger partial charge in [-0.15, -0.1) is 0 Å². The highest BCUT2D eigenvalue weighted by Crippen LogP contribution is 2.24. The summed E-state index contributed by atoms with van der Waals surface area (Å²) in [6, 6.07) is 1.73. The van der Waals surface area contributed by atoms with Gasteiger partial charge >= 0.3 is 0 Å². The minimum atomic E-state index is -0.0889. The average molecular weight is 402 g/mol. The molecule has 2 heterocycles. The van der Waals surface area contributed by atoms with Crippen LogP contribution in [0.4, 0.5) is 0 Å². The zero-order valence-corrected chi connectivity index (χ0v) is 14.6. The first-order chi connectivity index (χ1) is 9.43. The maximum atomic E-state index is 12.1. The molecule has 4 nitrogen and oxygen atoms in total. The van der Waals surface area contributed by atoms with E-state index in [0.29, 0.717) is 11.0 Å². The zero-order chi connectivity index (χ0) is 14.9. The summed E-state index contributed by atoms with van der Waals surface area (Å²) in [4.78, 5) is 16.5. The molecule has 0 fully saturated rings. The number of rotatable bonds is 3. The van der Waals surface area contributed by atoms with E-state index in [2.05, 4.69) is 36.8 Å². The highest BCUT2D eigenvalue weighted by molar-refractivity contribution is 9.11. The molecule has 0 radical (unpaired) electrons. The molecule has 0 saturated carbocycles. The molecule has 0 amide bonds. The number of hydrogen-bond donors (Lipinski definition) is 0. The second-order valence-corrected chi connectivity index (χ2v) is 6.26. The van der Waals surface area contributed by atoms with Crippen LogP contribution < -0.4 is 10.3 Å². The summed E-state index contributed by atoms with van der Waals surface area (Å²) in [5.41, 5.74) is 2.67. The second-order valence-electron chi connectivity index (χ2n) is 4.49. The van der Waals surface area contributed by atoms with Crippen molar-refractivity contribution in [1.82, 2.24) is 9.55 Å². The van der Waals surface area contributed by atoms with E-state index in [1.54, 1.807) is 30.1 Å². The third-order valence-electron chi connectivity index (χ3n) is 3.08. The normalized spacial score (nSPS) is 10.7. The van der Waals surface area contributed by atoms with Crippen LogP contribution in [0.5, 0.6) is 5.75 Å². The van der Waals surface area contributed by atoms with Gasteiger partial charge in [0.25, 0.3) is 5.56 Å². The molecule has 2 rings (SSSR count). The summed E-state index contributed by atoms with van der Waals surface area (Å²) in [6.07, 6.45) is 3.51. The van der Waals surface area contributed by atoms with Crippen molar-refractivity contribution in [3.8, 4) is 5.75 Å². The van der Waals surface area contributed by atoms with Crippen molar-refractivity contribution in [3.63, 3.8) is 0 Å². The molecule has 0 aliphatic rings. The second kappa shape index (κ2) is 6.10. The zero-order valence-electron chi connectivity index (χ0n) is 11.4. The molecule has 0 aliphatic heterocycles. The number of aromatic nitrogens is 2. The molecule has 0 N–H and O–H groups in total. The summed E-state index contributed by atoms with van der Waals surface area (Å²) >= 11 is 6.64. The molecule has 0 aliphatic carbocycles. The van der Waals surface area contributed by atoms with E-state index in [0.717, 1.165) is 27.0 Å². The lowest BCUT2D eigenvalue weighted by Gasteiger charge is -2.13. The fourth-order valence-electron chi connectivity index (χ4n) is 2.07. The van der Waals surface area contributed by atoms with Crippen LogP contribution >= 0.6 is 31.9 Å². The van der Waals surface area contributed by atoms with Gasteiger partial charge in [0.1, 0.15) is 5.75 Å². The van der Waals surface area contributed by atoms with Crippen LogP contribution in [0.15, 0.2) is 32.2 Å². The fraction of sp³-hybridized carbons (Fsp3) is 0.286. The first kappa shape index (κ1) is 15.3. The topological polar surface area (TPSA) is 44.1 Å².